The molecule has 1 unspecified atom stereocenters. The second-order valence-corrected chi connectivity index (χ2v) is 6.14. The lowest BCUT2D eigenvalue weighted by molar-refractivity contribution is -0.133. The molecule has 0 fully saturated rings. The molecular weight excluding hydrogens is 356 g/mol. The SMILES string of the molecule is Cc1cccc(C)c1OC(C)C(=O)NNC(=O)COc1ccccc1Cl. The van der Waals surface area contributed by atoms with E-state index in [9.17, 15) is 9.59 Å². The Morgan fingerprint density at radius 2 is 1.69 bits per heavy atom. The second-order valence-electron chi connectivity index (χ2n) is 5.74. The number of carbonyl (C=O) groups is 2. The highest BCUT2D eigenvalue weighted by atomic mass is 35.5. The minimum atomic E-state index is -0.778. The third-order valence-corrected chi connectivity index (χ3v) is 3.91. The molecule has 0 saturated carbocycles. The van der Waals surface area contributed by atoms with E-state index in [1.54, 1.807) is 31.2 Å². The molecule has 0 aromatic heterocycles. The first-order valence-electron chi connectivity index (χ1n) is 8.07. The van der Waals surface area contributed by atoms with Crippen molar-refractivity contribution in [2.24, 2.45) is 0 Å². The number of hydrogen-bond donors (Lipinski definition) is 2. The first kappa shape index (κ1) is 19.6. The molecule has 0 aliphatic carbocycles. The van der Waals surface area contributed by atoms with Crippen LogP contribution in [0.4, 0.5) is 0 Å². The zero-order valence-corrected chi connectivity index (χ0v) is 15.6. The van der Waals surface area contributed by atoms with E-state index >= 15 is 0 Å². The van der Waals surface area contributed by atoms with Crippen molar-refractivity contribution in [1.82, 2.24) is 10.9 Å². The van der Waals surface area contributed by atoms with Crippen molar-refractivity contribution in [1.29, 1.82) is 0 Å². The van der Waals surface area contributed by atoms with E-state index in [2.05, 4.69) is 10.9 Å². The van der Waals surface area contributed by atoms with Crippen LogP contribution < -0.4 is 20.3 Å². The van der Waals surface area contributed by atoms with E-state index < -0.39 is 17.9 Å². The fourth-order valence-corrected chi connectivity index (χ4v) is 2.38. The summed E-state index contributed by atoms with van der Waals surface area (Å²) in [6.45, 7) is 5.13. The summed E-state index contributed by atoms with van der Waals surface area (Å²) in [5.41, 5.74) is 6.46. The van der Waals surface area contributed by atoms with Crippen LogP contribution in [-0.4, -0.2) is 24.5 Å². The fourth-order valence-electron chi connectivity index (χ4n) is 2.19. The zero-order valence-electron chi connectivity index (χ0n) is 14.8. The van der Waals surface area contributed by atoms with Gasteiger partial charge in [-0.1, -0.05) is 41.9 Å². The summed E-state index contributed by atoms with van der Waals surface area (Å²) in [4.78, 5) is 23.9. The number of aryl methyl sites for hydroxylation is 2. The predicted molar refractivity (Wildman–Crippen MR) is 99.2 cm³/mol. The molecule has 2 aromatic carbocycles. The van der Waals surface area contributed by atoms with Crippen LogP contribution in [0.15, 0.2) is 42.5 Å². The maximum Gasteiger partial charge on any atom is 0.279 e. The molecule has 0 heterocycles. The van der Waals surface area contributed by atoms with Crippen LogP contribution in [0, 0.1) is 13.8 Å². The van der Waals surface area contributed by atoms with Gasteiger partial charge in [-0.3, -0.25) is 20.4 Å². The van der Waals surface area contributed by atoms with Crippen molar-refractivity contribution >= 4 is 23.4 Å². The molecule has 0 aliphatic heterocycles. The van der Waals surface area contributed by atoms with Crippen molar-refractivity contribution in [2.45, 2.75) is 26.9 Å². The largest absolute Gasteiger partial charge is 0.482 e. The summed E-state index contributed by atoms with van der Waals surface area (Å²) >= 11 is 5.94. The molecule has 138 valence electrons. The maximum atomic E-state index is 12.1. The summed E-state index contributed by atoms with van der Waals surface area (Å²) in [6.07, 6.45) is -0.778. The van der Waals surface area contributed by atoms with Gasteiger partial charge in [0.25, 0.3) is 11.8 Å². The van der Waals surface area contributed by atoms with E-state index in [1.807, 2.05) is 32.0 Å². The molecule has 2 aromatic rings. The van der Waals surface area contributed by atoms with Gasteiger partial charge in [-0.15, -0.1) is 0 Å². The van der Waals surface area contributed by atoms with Crippen LogP contribution in [0.3, 0.4) is 0 Å². The molecule has 0 aliphatic rings. The zero-order chi connectivity index (χ0) is 19.1. The molecule has 26 heavy (non-hydrogen) atoms. The highest BCUT2D eigenvalue weighted by Gasteiger charge is 2.17. The van der Waals surface area contributed by atoms with Crippen LogP contribution >= 0.6 is 11.6 Å². The molecule has 0 bridgehead atoms. The van der Waals surface area contributed by atoms with Gasteiger partial charge in [0.15, 0.2) is 12.7 Å². The summed E-state index contributed by atoms with van der Waals surface area (Å²) in [7, 11) is 0. The van der Waals surface area contributed by atoms with Gasteiger partial charge in [0.1, 0.15) is 11.5 Å². The summed E-state index contributed by atoms with van der Waals surface area (Å²) in [5, 5.41) is 0.403. The van der Waals surface area contributed by atoms with Crippen molar-refractivity contribution in [3.05, 3.63) is 58.6 Å². The Kier molecular flexibility index (Phi) is 6.86. The van der Waals surface area contributed by atoms with Crippen molar-refractivity contribution in [3.8, 4) is 11.5 Å². The topological polar surface area (TPSA) is 76.7 Å². The van der Waals surface area contributed by atoms with Crippen molar-refractivity contribution in [2.75, 3.05) is 6.61 Å². The van der Waals surface area contributed by atoms with Gasteiger partial charge in [-0.25, -0.2) is 0 Å². The molecule has 1 atom stereocenters. The Hall–Kier alpha value is -2.73. The van der Waals surface area contributed by atoms with E-state index in [-0.39, 0.29) is 6.61 Å². The smallest absolute Gasteiger partial charge is 0.279 e. The number of amides is 2. The van der Waals surface area contributed by atoms with Crippen LogP contribution in [0.5, 0.6) is 11.5 Å². The maximum absolute atomic E-state index is 12.1. The molecule has 2 amide bonds. The van der Waals surface area contributed by atoms with Crippen molar-refractivity contribution < 1.29 is 19.1 Å². The lowest BCUT2D eigenvalue weighted by Crippen LogP contribution is -2.48. The Morgan fingerprint density at radius 1 is 1.04 bits per heavy atom. The average molecular weight is 377 g/mol. The van der Waals surface area contributed by atoms with E-state index in [0.717, 1.165) is 11.1 Å². The molecular formula is C19H21ClN2O4. The highest BCUT2D eigenvalue weighted by Crippen LogP contribution is 2.24. The van der Waals surface area contributed by atoms with Gasteiger partial charge in [0, 0.05) is 0 Å². The van der Waals surface area contributed by atoms with E-state index in [1.165, 1.54) is 0 Å². The van der Waals surface area contributed by atoms with E-state index in [4.69, 9.17) is 21.1 Å². The van der Waals surface area contributed by atoms with Gasteiger partial charge in [-0.05, 0) is 44.0 Å². The van der Waals surface area contributed by atoms with Crippen molar-refractivity contribution in [3.63, 3.8) is 0 Å². The molecule has 0 saturated heterocycles. The first-order chi connectivity index (χ1) is 12.4. The number of ether oxygens (including phenoxy) is 2. The lowest BCUT2D eigenvalue weighted by Gasteiger charge is -2.18. The second kappa shape index (κ2) is 9.10. The minimum Gasteiger partial charge on any atom is -0.482 e. The van der Waals surface area contributed by atoms with Gasteiger partial charge in [0.05, 0.1) is 5.02 Å². The molecule has 2 N–H and O–H groups in total. The number of halogens is 1. The number of benzene rings is 2. The Balaban J connectivity index is 1.80. The van der Waals surface area contributed by atoms with Crippen LogP contribution in [0.25, 0.3) is 0 Å². The quantitative estimate of drug-likeness (QED) is 0.760. The number of hydrazine groups is 1. The number of nitrogens with one attached hydrogen (secondary N) is 2. The van der Waals surface area contributed by atoms with Gasteiger partial charge < -0.3 is 9.47 Å². The highest BCUT2D eigenvalue weighted by molar-refractivity contribution is 6.32. The molecule has 2 rings (SSSR count). The minimum absolute atomic E-state index is 0.282. The Bertz CT molecular complexity index is 775. The average Bonchev–Trinajstić information content (AvgIpc) is 2.62. The van der Waals surface area contributed by atoms with Gasteiger partial charge in [0.2, 0.25) is 0 Å². The standard InChI is InChI=1S/C19H21ClN2O4/c1-12-7-6-8-13(2)18(12)26-14(3)19(24)22-21-17(23)11-25-16-10-5-4-9-15(16)20/h4-10,14H,11H2,1-3H3,(H,21,23)(H,22,24). The fraction of sp³-hybridized carbons (Fsp3) is 0.263. The van der Waals surface area contributed by atoms with Gasteiger partial charge in [-0.2, -0.15) is 0 Å². The van der Waals surface area contributed by atoms with Crippen LogP contribution in [0.2, 0.25) is 5.02 Å². The predicted octanol–water partition coefficient (Wildman–Crippen LogP) is 2.95. The Labute approximate surface area is 157 Å². The van der Waals surface area contributed by atoms with Crippen LogP contribution in [-0.2, 0) is 9.59 Å². The number of para-hydroxylation sites is 2. The first-order valence-corrected chi connectivity index (χ1v) is 8.45. The summed E-state index contributed by atoms with van der Waals surface area (Å²) < 4.78 is 11.0. The lowest BCUT2D eigenvalue weighted by atomic mass is 10.1. The molecule has 6 nitrogen and oxygen atoms in total. The number of rotatable bonds is 6. The third kappa shape index (κ3) is 5.39. The van der Waals surface area contributed by atoms with E-state index in [0.29, 0.717) is 16.5 Å². The third-order valence-electron chi connectivity index (χ3n) is 3.59. The Morgan fingerprint density at radius 3 is 2.35 bits per heavy atom. The molecule has 0 radical (unpaired) electrons. The monoisotopic (exact) mass is 376 g/mol. The summed E-state index contributed by atoms with van der Waals surface area (Å²) in [5.74, 6) is 0.0576. The van der Waals surface area contributed by atoms with Crippen LogP contribution in [0.1, 0.15) is 18.1 Å². The molecule has 0 spiro atoms. The normalized spacial score (nSPS) is 11.4. The summed E-state index contributed by atoms with van der Waals surface area (Å²) in [6, 6.07) is 12.5. The van der Waals surface area contributed by atoms with Gasteiger partial charge >= 0.3 is 0 Å². The number of hydrogen-bond acceptors (Lipinski definition) is 4. The number of carbonyl (C=O) groups excluding carboxylic acids is 2. The molecule has 7 heteroatoms.